The highest BCUT2D eigenvalue weighted by atomic mass is 32.1. The van der Waals surface area contributed by atoms with Crippen molar-refractivity contribution in [3.63, 3.8) is 0 Å². The smallest absolute Gasteiger partial charge is 0.208 e. The standard InChI is InChI=1S/C16H20FN3O2S/c1-11-8-20(9-14(22-11)10-21-2)16-19-18-15(23-16)7-12-3-5-13(17)6-4-12/h3-6,11,14H,7-10H2,1-2H3. The first-order chi connectivity index (χ1) is 11.1. The fraction of sp³-hybridized carbons (Fsp3) is 0.500. The third-order valence-electron chi connectivity index (χ3n) is 3.67. The topological polar surface area (TPSA) is 47.5 Å². The molecule has 1 fully saturated rings. The quantitative estimate of drug-likeness (QED) is 0.839. The third-order valence-corrected chi connectivity index (χ3v) is 4.66. The SMILES string of the molecule is COCC1CN(c2nnc(Cc3ccc(F)cc3)s2)CC(C)O1. The lowest BCUT2D eigenvalue weighted by atomic mass is 10.2. The van der Waals surface area contributed by atoms with E-state index in [0.717, 1.165) is 28.8 Å². The maximum absolute atomic E-state index is 13.0. The van der Waals surface area contributed by atoms with Crippen molar-refractivity contribution in [2.45, 2.75) is 25.6 Å². The Bertz CT molecular complexity index is 635. The molecule has 2 unspecified atom stereocenters. The second-order valence-corrected chi connectivity index (χ2v) is 6.75. The van der Waals surface area contributed by atoms with Gasteiger partial charge in [-0.3, -0.25) is 0 Å². The number of rotatable bonds is 5. The number of hydrogen-bond donors (Lipinski definition) is 0. The summed E-state index contributed by atoms with van der Waals surface area (Å²) < 4.78 is 24.0. The number of ether oxygens (including phenoxy) is 2. The minimum atomic E-state index is -0.224. The van der Waals surface area contributed by atoms with Crippen LogP contribution >= 0.6 is 11.3 Å². The molecule has 0 N–H and O–H groups in total. The van der Waals surface area contributed by atoms with Gasteiger partial charge in [-0.1, -0.05) is 23.5 Å². The number of aromatic nitrogens is 2. The van der Waals surface area contributed by atoms with Crippen LogP contribution in [-0.4, -0.2) is 49.2 Å². The van der Waals surface area contributed by atoms with Crippen LogP contribution in [0, 0.1) is 5.82 Å². The molecule has 1 aliphatic heterocycles. The zero-order valence-corrected chi connectivity index (χ0v) is 14.1. The van der Waals surface area contributed by atoms with Crippen LogP contribution in [0.4, 0.5) is 9.52 Å². The number of methoxy groups -OCH3 is 1. The summed E-state index contributed by atoms with van der Waals surface area (Å²) in [5.41, 5.74) is 1.03. The molecule has 2 aromatic rings. The van der Waals surface area contributed by atoms with E-state index in [2.05, 4.69) is 22.0 Å². The van der Waals surface area contributed by atoms with E-state index < -0.39 is 0 Å². The molecular formula is C16H20FN3O2S. The normalized spacial score (nSPS) is 21.6. The molecule has 0 radical (unpaired) electrons. The molecule has 2 atom stereocenters. The Balaban J connectivity index is 1.67. The molecule has 1 aromatic heterocycles. The second-order valence-electron chi connectivity index (χ2n) is 5.71. The van der Waals surface area contributed by atoms with E-state index in [1.165, 1.54) is 12.1 Å². The predicted octanol–water partition coefficient (Wildman–Crippen LogP) is 2.51. The molecule has 0 aliphatic carbocycles. The van der Waals surface area contributed by atoms with Gasteiger partial charge in [0.15, 0.2) is 0 Å². The van der Waals surface area contributed by atoms with Crippen molar-refractivity contribution in [1.29, 1.82) is 0 Å². The molecule has 0 spiro atoms. The van der Waals surface area contributed by atoms with E-state index in [1.807, 2.05) is 0 Å². The van der Waals surface area contributed by atoms with Crippen molar-refractivity contribution in [3.8, 4) is 0 Å². The highest BCUT2D eigenvalue weighted by Gasteiger charge is 2.27. The Kier molecular flexibility index (Phi) is 5.20. The first-order valence-corrected chi connectivity index (χ1v) is 8.42. The third kappa shape index (κ3) is 4.25. The maximum Gasteiger partial charge on any atom is 0.208 e. The minimum absolute atomic E-state index is 0.0493. The lowest BCUT2D eigenvalue weighted by Crippen LogP contribution is -2.48. The van der Waals surface area contributed by atoms with Gasteiger partial charge in [-0.05, 0) is 24.6 Å². The van der Waals surface area contributed by atoms with Gasteiger partial charge in [-0.25, -0.2) is 4.39 Å². The Morgan fingerprint density at radius 1 is 1.30 bits per heavy atom. The highest BCUT2D eigenvalue weighted by molar-refractivity contribution is 7.15. The van der Waals surface area contributed by atoms with Gasteiger partial charge in [0.1, 0.15) is 10.8 Å². The summed E-state index contributed by atoms with van der Waals surface area (Å²) in [5.74, 6) is -0.224. The van der Waals surface area contributed by atoms with Crippen LogP contribution in [-0.2, 0) is 15.9 Å². The fourth-order valence-corrected chi connectivity index (χ4v) is 3.59. The minimum Gasteiger partial charge on any atom is -0.382 e. The molecular weight excluding hydrogens is 317 g/mol. The Labute approximate surface area is 139 Å². The van der Waals surface area contributed by atoms with E-state index in [9.17, 15) is 4.39 Å². The van der Waals surface area contributed by atoms with Crippen molar-refractivity contribution < 1.29 is 13.9 Å². The molecule has 7 heteroatoms. The molecule has 124 valence electrons. The van der Waals surface area contributed by atoms with E-state index in [4.69, 9.17) is 9.47 Å². The average Bonchev–Trinajstić information content (AvgIpc) is 2.98. The van der Waals surface area contributed by atoms with Gasteiger partial charge in [-0.15, -0.1) is 10.2 Å². The lowest BCUT2D eigenvalue weighted by molar-refractivity contribution is -0.0511. The largest absolute Gasteiger partial charge is 0.382 e. The van der Waals surface area contributed by atoms with Gasteiger partial charge < -0.3 is 14.4 Å². The summed E-state index contributed by atoms with van der Waals surface area (Å²) in [6.45, 7) is 4.17. The molecule has 2 heterocycles. The van der Waals surface area contributed by atoms with Crippen LogP contribution < -0.4 is 4.90 Å². The number of halogens is 1. The van der Waals surface area contributed by atoms with E-state index in [0.29, 0.717) is 13.0 Å². The Morgan fingerprint density at radius 3 is 2.83 bits per heavy atom. The van der Waals surface area contributed by atoms with Crippen molar-refractivity contribution >= 4 is 16.5 Å². The summed E-state index contributed by atoms with van der Waals surface area (Å²) in [6, 6.07) is 6.50. The van der Waals surface area contributed by atoms with Gasteiger partial charge in [0.2, 0.25) is 5.13 Å². The van der Waals surface area contributed by atoms with Gasteiger partial charge in [0.25, 0.3) is 0 Å². The number of nitrogens with zero attached hydrogens (tertiary/aromatic N) is 3. The highest BCUT2D eigenvalue weighted by Crippen LogP contribution is 2.25. The monoisotopic (exact) mass is 337 g/mol. The Hall–Kier alpha value is -1.57. The van der Waals surface area contributed by atoms with Crippen LogP contribution in [0.15, 0.2) is 24.3 Å². The van der Waals surface area contributed by atoms with Crippen LogP contribution in [0.3, 0.4) is 0 Å². The molecule has 0 bridgehead atoms. The number of anilines is 1. The molecule has 0 saturated carbocycles. The van der Waals surface area contributed by atoms with Gasteiger partial charge in [0, 0.05) is 26.6 Å². The zero-order chi connectivity index (χ0) is 16.2. The summed E-state index contributed by atoms with van der Waals surface area (Å²) in [4.78, 5) is 2.20. The molecule has 1 aliphatic rings. The number of hydrogen-bond acceptors (Lipinski definition) is 6. The molecule has 5 nitrogen and oxygen atoms in total. The predicted molar refractivity (Wildman–Crippen MR) is 87.5 cm³/mol. The van der Waals surface area contributed by atoms with Crippen molar-refractivity contribution in [3.05, 3.63) is 40.7 Å². The molecule has 3 rings (SSSR count). The van der Waals surface area contributed by atoms with Crippen LogP contribution in [0.2, 0.25) is 0 Å². The molecule has 23 heavy (non-hydrogen) atoms. The van der Waals surface area contributed by atoms with Gasteiger partial charge in [-0.2, -0.15) is 0 Å². The lowest BCUT2D eigenvalue weighted by Gasteiger charge is -2.36. The molecule has 0 amide bonds. The summed E-state index contributed by atoms with van der Waals surface area (Å²) in [5, 5.41) is 10.4. The summed E-state index contributed by atoms with van der Waals surface area (Å²) in [7, 11) is 1.68. The summed E-state index contributed by atoms with van der Waals surface area (Å²) in [6.07, 6.45) is 0.848. The van der Waals surface area contributed by atoms with Crippen molar-refractivity contribution in [1.82, 2.24) is 10.2 Å². The molecule has 1 saturated heterocycles. The van der Waals surface area contributed by atoms with E-state index in [1.54, 1.807) is 30.6 Å². The summed E-state index contributed by atoms with van der Waals surface area (Å²) >= 11 is 1.57. The van der Waals surface area contributed by atoms with Gasteiger partial charge in [0.05, 0.1) is 18.8 Å². The van der Waals surface area contributed by atoms with Gasteiger partial charge >= 0.3 is 0 Å². The van der Waals surface area contributed by atoms with Crippen molar-refractivity contribution in [2.75, 3.05) is 31.7 Å². The molecule has 1 aromatic carbocycles. The first-order valence-electron chi connectivity index (χ1n) is 7.60. The van der Waals surface area contributed by atoms with Crippen LogP contribution in [0.25, 0.3) is 0 Å². The fourth-order valence-electron chi connectivity index (χ4n) is 2.70. The maximum atomic E-state index is 13.0. The number of morpholine rings is 1. The average molecular weight is 337 g/mol. The number of benzene rings is 1. The zero-order valence-electron chi connectivity index (χ0n) is 13.2. The first kappa shape index (κ1) is 16.3. The van der Waals surface area contributed by atoms with Crippen LogP contribution in [0.1, 0.15) is 17.5 Å². The Morgan fingerprint density at radius 2 is 2.09 bits per heavy atom. The second kappa shape index (κ2) is 7.33. The van der Waals surface area contributed by atoms with Crippen molar-refractivity contribution in [2.24, 2.45) is 0 Å². The van der Waals surface area contributed by atoms with E-state index >= 15 is 0 Å². The van der Waals surface area contributed by atoms with Crippen LogP contribution in [0.5, 0.6) is 0 Å². The van der Waals surface area contributed by atoms with E-state index in [-0.39, 0.29) is 18.0 Å².